The second-order valence-electron chi connectivity index (χ2n) is 12.1. The van der Waals surface area contributed by atoms with Gasteiger partial charge in [-0.1, -0.05) is 59.6 Å². The minimum absolute atomic E-state index is 0.0107. The van der Waals surface area contributed by atoms with Gasteiger partial charge in [0.1, 0.15) is 6.04 Å². The van der Waals surface area contributed by atoms with E-state index in [9.17, 15) is 14.7 Å². The zero-order chi connectivity index (χ0) is 26.8. The minimum atomic E-state index is -2.08. The van der Waals surface area contributed by atoms with E-state index >= 15 is 0 Å². The molecule has 0 aliphatic carbocycles. The molecule has 0 radical (unpaired) electrons. The van der Waals surface area contributed by atoms with Crippen molar-refractivity contribution < 1.29 is 19.1 Å². The lowest BCUT2D eigenvalue weighted by atomic mass is 9.86. The average Bonchev–Trinajstić information content (AvgIpc) is 3.16. The minimum Gasteiger partial charge on any atom is -0.414 e. The maximum Gasteiger partial charge on any atom is 0.243 e. The maximum absolute atomic E-state index is 13.5. The van der Waals surface area contributed by atoms with Crippen molar-refractivity contribution in [2.24, 2.45) is 11.1 Å². The maximum atomic E-state index is 13.5. The Bertz CT molecular complexity index is 941. The van der Waals surface area contributed by atoms with Crippen LogP contribution in [0.25, 0.3) is 0 Å². The van der Waals surface area contributed by atoms with Crippen LogP contribution in [0.3, 0.4) is 0 Å². The normalized spacial score (nSPS) is 20.8. The number of carbonyl (C=O) groups is 2. The first kappa shape index (κ1) is 29.0. The number of nitrogens with zero attached hydrogens (tertiary/aromatic N) is 1. The molecule has 1 heterocycles. The zero-order valence-corrected chi connectivity index (χ0v) is 23.5. The summed E-state index contributed by atoms with van der Waals surface area (Å²) in [6, 6.07) is 5.42. The summed E-state index contributed by atoms with van der Waals surface area (Å²) in [4.78, 5) is 28.0. The fourth-order valence-electron chi connectivity index (χ4n) is 3.66. The molecule has 1 aliphatic rings. The van der Waals surface area contributed by atoms with E-state index in [2.05, 4.69) is 45.1 Å². The summed E-state index contributed by atoms with van der Waals surface area (Å²) in [7, 11) is -2.08. The van der Waals surface area contributed by atoms with Crippen molar-refractivity contribution in [3.05, 3.63) is 35.4 Å². The monoisotopic (exact) mass is 501 g/mol. The number of aliphatic hydroxyl groups is 1. The van der Waals surface area contributed by atoms with Crippen molar-refractivity contribution in [1.82, 2.24) is 10.2 Å². The summed E-state index contributed by atoms with van der Waals surface area (Å²) in [5.41, 5.74) is 7.34. The van der Waals surface area contributed by atoms with Crippen LogP contribution < -0.4 is 11.1 Å². The topological polar surface area (TPSA) is 105 Å². The zero-order valence-electron chi connectivity index (χ0n) is 22.5. The molecular formula is C27H43N3O4Si. The summed E-state index contributed by atoms with van der Waals surface area (Å²) in [5, 5.41) is 13.4. The quantitative estimate of drug-likeness (QED) is 0.393. The first-order valence-corrected chi connectivity index (χ1v) is 15.1. The molecule has 4 atom stereocenters. The number of amides is 2. The van der Waals surface area contributed by atoms with Crippen molar-refractivity contribution in [2.75, 3.05) is 13.2 Å². The van der Waals surface area contributed by atoms with Gasteiger partial charge in [0.15, 0.2) is 8.32 Å². The van der Waals surface area contributed by atoms with E-state index in [1.165, 1.54) is 4.90 Å². The molecule has 0 spiro atoms. The average molecular weight is 502 g/mol. The van der Waals surface area contributed by atoms with Gasteiger partial charge in [-0.25, -0.2) is 0 Å². The number of hydrogen-bond donors (Lipinski definition) is 3. The van der Waals surface area contributed by atoms with Gasteiger partial charge in [0.05, 0.1) is 24.8 Å². The van der Waals surface area contributed by atoms with Crippen LogP contribution in [0.2, 0.25) is 18.1 Å². The van der Waals surface area contributed by atoms with Gasteiger partial charge in [-0.2, -0.15) is 0 Å². The highest BCUT2D eigenvalue weighted by Gasteiger charge is 2.43. The number of terminal acetylenes is 1. The van der Waals surface area contributed by atoms with Crippen LogP contribution in [0.1, 0.15) is 65.1 Å². The molecule has 1 aromatic rings. The summed E-state index contributed by atoms with van der Waals surface area (Å²) >= 11 is 0. The van der Waals surface area contributed by atoms with Crippen LogP contribution in [0.5, 0.6) is 0 Å². The van der Waals surface area contributed by atoms with E-state index in [1.54, 1.807) is 0 Å². The lowest BCUT2D eigenvalue weighted by molar-refractivity contribution is -0.141. The molecule has 35 heavy (non-hydrogen) atoms. The van der Waals surface area contributed by atoms with E-state index in [-0.39, 0.29) is 29.8 Å². The molecular weight excluding hydrogens is 458 g/mol. The number of hydrogen-bond acceptors (Lipinski definition) is 5. The Morgan fingerprint density at radius 1 is 1.23 bits per heavy atom. The number of nitrogens with one attached hydrogen (secondary N) is 1. The van der Waals surface area contributed by atoms with Crippen molar-refractivity contribution in [1.29, 1.82) is 0 Å². The molecule has 0 saturated carbocycles. The lowest BCUT2D eigenvalue weighted by Gasteiger charge is -2.38. The van der Waals surface area contributed by atoms with Crippen LogP contribution in [-0.4, -0.2) is 61.5 Å². The van der Waals surface area contributed by atoms with Crippen LogP contribution >= 0.6 is 0 Å². The van der Waals surface area contributed by atoms with Crippen LogP contribution in [0.15, 0.2) is 24.3 Å². The first-order chi connectivity index (χ1) is 16.0. The third-order valence-electron chi connectivity index (χ3n) is 7.28. The van der Waals surface area contributed by atoms with Crippen molar-refractivity contribution in [2.45, 2.75) is 90.3 Å². The standard InChI is InChI=1S/C27H43N3O4Si/c1-10-18-11-13-19(14-12-18)21(17-34-35(8,9)27(5,6)7)29-24(32)22-15-20(31)16-30(22)25(33)23(28)26(2,3)4/h1,11-14,20-23,31H,15-17,28H2,2-9H3,(H,29,32)/t20-,21?,22+,23?/m1/s1. The largest absolute Gasteiger partial charge is 0.414 e. The van der Waals surface area contributed by atoms with E-state index in [0.29, 0.717) is 6.61 Å². The Morgan fingerprint density at radius 3 is 2.29 bits per heavy atom. The second-order valence-corrected chi connectivity index (χ2v) is 16.9. The summed E-state index contributed by atoms with van der Waals surface area (Å²) < 4.78 is 6.44. The molecule has 4 N–H and O–H groups in total. The first-order valence-electron chi connectivity index (χ1n) is 12.2. The molecule has 1 saturated heterocycles. The molecule has 0 bridgehead atoms. The molecule has 0 aromatic heterocycles. The number of aliphatic hydroxyl groups excluding tert-OH is 1. The highest BCUT2D eigenvalue weighted by Crippen LogP contribution is 2.37. The van der Waals surface area contributed by atoms with Crippen LogP contribution in [0.4, 0.5) is 0 Å². The van der Waals surface area contributed by atoms with Crippen molar-refractivity contribution >= 4 is 20.1 Å². The predicted octanol–water partition coefficient (Wildman–Crippen LogP) is 3.18. The number of benzene rings is 1. The van der Waals surface area contributed by atoms with Gasteiger partial charge < -0.3 is 25.5 Å². The van der Waals surface area contributed by atoms with Gasteiger partial charge in [-0.05, 0) is 41.2 Å². The van der Waals surface area contributed by atoms with Gasteiger partial charge in [-0.3, -0.25) is 9.59 Å². The molecule has 1 aromatic carbocycles. The Morgan fingerprint density at radius 2 is 1.80 bits per heavy atom. The van der Waals surface area contributed by atoms with E-state index in [0.717, 1.165) is 11.1 Å². The van der Waals surface area contributed by atoms with Gasteiger partial charge in [0, 0.05) is 18.5 Å². The number of nitrogens with two attached hydrogens (primary N) is 1. The van der Waals surface area contributed by atoms with Crippen molar-refractivity contribution in [3.63, 3.8) is 0 Å². The number of likely N-dealkylation sites (tertiary alicyclic amines) is 1. The summed E-state index contributed by atoms with van der Waals surface area (Å²) in [5.74, 6) is 1.94. The molecule has 2 rings (SSSR count). The number of β-amino-alcohol motifs (C(OH)–C–C–N with tert-alkyl or cyclic N) is 1. The molecule has 1 aliphatic heterocycles. The molecule has 2 unspecified atom stereocenters. The predicted molar refractivity (Wildman–Crippen MR) is 142 cm³/mol. The van der Waals surface area contributed by atoms with Gasteiger partial charge >= 0.3 is 0 Å². The summed E-state index contributed by atoms with van der Waals surface area (Å²) in [6.07, 6.45) is 4.89. The fraction of sp³-hybridized carbons (Fsp3) is 0.630. The third-order valence-corrected chi connectivity index (χ3v) is 11.8. The second kappa shape index (κ2) is 10.8. The third kappa shape index (κ3) is 7.17. The Hall–Kier alpha value is -2.18. The van der Waals surface area contributed by atoms with Gasteiger partial charge in [0.25, 0.3) is 0 Å². The Labute approximate surface area is 211 Å². The fourth-order valence-corrected chi connectivity index (χ4v) is 4.68. The summed E-state index contributed by atoms with van der Waals surface area (Å²) in [6.45, 7) is 16.8. The Kier molecular flexibility index (Phi) is 8.99. The van der Waals surface area contributed by atoms with Gasteiger partial charge in [0.2, 0.25) is 11.8 Å². The lowest BCUT2D eigenvalue weighted by Crippen LogP contribution is -2.55. The van der Waals surface area contributed by atoms with E-state index < -0.39 is 38.0 Å². The number of carbonyl (C=O) groups excluding carboxylic acids is 2. The van der Waals surface area contributed by atoms with Crippen LogP contribution in [0, 0.1) is 17.8 Å². The molecule has 1 fully saturated rings. The smallest absolute Gasteiger partial charge is 0.243 e. The Balaban J connectivity index is 2.29. The van der Waals surface area contributed by atoms with Gasteiger partial charge in [-0.15, -0.1) is 6.42 Å². The highest BCUT2D eigenvalue weighted by molar-refractivity contribution is 6.74. The molecule has 7 nitrogen and oxygen atoms in total. The SMILES string of the molecule is C#Cc1ccc(C(CO[Si](C)(C)C(C)(C)C)NC(=O)[C@@H]2C[C@@H](O)CN2C(=O)C(N)C(C)(C)C)cc1. The molecule has 8 heteroatoms. The van der Waals surface area contributed by atoms with E-state index in [1.807, 2.05) is 45.0 Å². The highest BCUT2D eigenvalue weighted by atomic mass is 28.4. The number of rotatable bonds is 7. The van der Waals surface area contributed by atoms with Crippen molar-refractivity contribution in [3.8, 4) is 12.3 Å². The van der Waals surface area contributed by atoms with Crippen LogP contribution in [-0.2, 0) is 14.0 Å². The molecule has 2 amide bonds. The molecule has 194 valence electrons. The van der Waals surface area contributed by atoms with E-state index in [4.69, 9.17) is 16.6 Å².